The van der Waals surface area contributed by atoms with Crippen molar-refractivity contribution >= 4 is 23.0 Å². The molecule has 160 valence electrons. The topological polar surface area (TPSA) is 37.4 Å². The summed E-state index contributed by atoms with van der Waals surface area (Å²) in [5, 5.41) is 0. The van der Waals surface area contributed by atoms with Gasteiger partial charge < -0.3 is 4.79 Å². The first-order valence-electron chi connectivity index (χ1n) is 10.4. The molecule has 3 aromatic carbocycles. The SMILES string of the molecule is Cc1ccc(-c2c(C)c3c(c(C)c2CC=O)N(S(C)=O)[C@@H](C)c2cccc(F)c2-3)cc1. The first-order valence-corrected chi connectivity index (χ1v) is 11.9. The van der Waals surface area contributed by atoms with E-state index < -0.39 is 11.0 Å². The summed E-state index contributed by atoms with van der Waals surface area (Å²) < 4.78 is 30.0. The van der Waals surface area contributed by atoms with Gasteiger partial charge in [0.15, 0.2) is 0 Å². The largest absolute Gasteiger partial charge is 0.303 e. The highest BCUT2D eigenvalue weighted by molar-refractivity contribution is 7.85. The Morgan fingerprint density at radius 3 is 2.29 bits per heavy atom. The molecule has 1 aliphatic heterocycles. The normalized spacial score (nSPS) is 15.9. The molecule has 5 heteroatoms. The smallest absolute Gasteiger partial charge is 0.131 e. The fourth-order valence-electron chi connectivity index (χ4n) is 4.90. The van der Waals surface area contributed by atoms with Crippen molar-refractivity contribution in [3.8, 4) is 22.3 Å². The van der Waals surface area contributed by atoms with Gasteiger partial charge in [-0.2, -0.15) is 0 Å². The summed E-state index contributed by atoms with van der Waals surface area (Å²) in [7, 11) is -1.32. The van der Waals surface area contributed by atoms with Crippen molar-refractivity contribution in [1.29, 1.82) is 0 Å². The fourth-order valence-corrected chi connectivity index (χ4v) is 5.95. The van der Waals surface area contributed by atoms with Crippen molar-refractivity contribution in [3.63, 3.8) is 0 Å². The molecule has 1 aliphatic rings. The van der Waals surface area contributed by atoms with Crippen LogP contribution in [0.3, 0.4) is 0 Å². The van der Waals surface area contributed by atoms with Gasteiger partial charge in [-0.3, -0.25) is 4.31 Å². The van der Waals surface area contributed by atoms with E-state index in [9.17, 15) is 9.00 Å². The molecular weight excluding hydrogens is 409 g/mol. The summed E-state index contributed by atoms with van der Waals surface area (Å²) in [6, 6.07) is 13.0. The van der Waals surface area contributed by atoms with Crippen LogP contribution in [-0.4, -0.2) is 16.8 Å². The first kappa shape index (κ1) is 21.4. The number of hydrogen-bond acceptors (Lipinski definition) is 2. The molecule has 0 radical (unpaired) electrons. The summed E-state index contributed by atoms with van der Waals surface area (Å²) in [5.74, 6) is -0.285. The van der Waals surface area contributed by atoms with E-state index in [1.54, 1.807) is 12.3 Å². The Bertz CT molecular complexity index is 1220. The van der Waals surface area contributed by atoms with Crippen LogP contribution in [0, 0.1) is 26.6 Å². The van der Waals surface area contributed by atoms with Gasteiger partial charge in [0.05, 0.1) is 11.7 Å². The van der Waals surface area contributed by atoms with Crippen molar-refractivity contribution in [2.24, 2.45) is 0 Å². The van der Waals surface area contributed by atoms with E-state index in [-0.39, 0.29) is 18.3 Å². The maximum atomic E-state index is 15.2. The van der Waals surface area contributed by atoms with Crippen LogP contribution in [0.5, 0.6) is 0 Å². The molecule has 1 unspecified atom stereocenters. The highest BCUT2D eigenvalue weighted by atomic mass is 32.2. The van der Waals surface area contributed by atoms with Crippen molar-refractivity contribution in [3.05, 3.63) is 76.1 Å². The first-order chi connectivity index (χ1) is 14.8. The third-order valence-electron chi connectivity index (χ3n) is 6.32. The molecule has 0 aliphatic carbocycles. The molecule has 31 heavy (non-hydrogen) atoms. The molecule has 0 spiro atoms. The van der Waals surface area contributed by atoms with Gasteiger partial charge >= 0.3 is 0 Å². The van der Waals surface area contributed by atoms with Crippen LogP contribution in [-0.2, 0) is 22.2 Å². The number of aryl methyl sites for hydroxylation is 1. The maximum Gasteiger partial charge on any atom is 0.131 e. The molecule has 0 saturated heterocycles. The summed E-state index contributed by atoms with van der Waals surface area (Å²) in [5.41, 5.74) is 8.68. The number of halogens is 1. The van der Waals surface area contributed by atoms with Gasteiger partial charge in [0.25, 0.3) is 0 Å². The second-order valence-corrected chi connectivity index (χ2v) is 9.43. The highest BCUT2D eigenvalue weighted by Crippen LogP contribution is 2.52. The average molecular weight is 436 g/mol. The van der Waals surface area contributed by atoms with E-state index >= 15 is 4.39 Å². The quantitative estimate of drug-likeness (QED) is 0.471. The molecule has 2 atom stereocenters. The van der Waals surface area contributed by atoms with Crippen LogP contribution in [0.1, 0.15) is 40.8 Å². The molecule has 0 saturated carbocycles. The minimum atomic E-state index is -1.32. The van der Waals surface area contributed by atoms with Crippen LogP contribution >= 0.6 is 0 Å². The lowest BCUT2D eigenvalue weighted by Crippen LogP contribution is -2.33. The van der Waals surface area contributed by atoms with E-state index in [4.69, 9.17) is 0 Å². The van der Waals surface area contributed by atoms with Crippen LogP contribution in [0.2, 0.25) is 0 Å². The Labute approximate surface area is 185 Å². The summed E-state index contributed by atoms with van der Waals surface area (Å²) >= 11 is 0. The Morgan fingerprint density at radius 2 is 1.68 bits per heavy atom. The summed E-state index contributed by atoms with van der Waals surface area (Å²) in [4.78, 5) is 11.6. The Kier molecular flexibility index (Phi) is 5.56. The monoisotopic (exact) mass is 435 g/mol. The standard InChI is InChI=1S/C26H26FNO2S/c1-15-9-11-19(12-10-15)23-17(3)24-25-21(7-6-8-22(25)27)18(4)28(31(5)30)26(24)16(2)20(23)13-14-29/h6-12,14,18H,13H2,1-5H3/t18-,31?/m0/s1. The van der Waals surface area contributed by atoms with Crippen LogP contribution in [0.15, 0.2) is 42.5 Å². The van der Waals surface area contributed by atoms with Crippen LogP contribution in [0.4, 0.5) is 10.1 Å². The maximum absolute atomic E-state index is 15.2. The predicted octanol–water partition coefficient (Wildman–Crippen LogP) is 6.00. The third-order valence-corrected chi connectivity index (χ3v) is 7.37. The van der Waals surface area contributed by atoms with Crippen molar-refractivity contribution < 1.29 is 13.4 Å². The molecule has 0 amide bonds. The second-order valence-electron chi connectivity index (χ2n) is 8.19. The molecule has 0 N–H and O–H groups in total. The van der Waals surface area contributed by atoms with Gasteiger partial charge in [-0.05, 0) is 67.1 Å². The summed E-state index contributed by atoms with van der Waals surface area (Å²) in [6.45, 7) is 7.91. The van der Waals surface area contributed by atoms with Crippen molar-refractivity contribution in [2.45, 2.75) is 40.2 Å². The van der Waals surface area contributed by atoms with E-state index in [2.05, 4.69) is 0 Å². The van der Waals surface area contributed by atoms with Gasteiger partial charge in [0.1, 0.15) is 23.1 Å². The highest BCUT2D eigenvalue weighted by Gasteiger charge is 2.36. The molecular formula is C26H26FNO2S. The zero-order valence-electron chi connectivity index (χ0n) is 18.5. The molecule has 0 aromatic heterocycles. The second kappa shape index (κ2) is 8.04. The van der Waals surface area contributed by atoms with Crippen LogP contribution in [0.25, 0.3) is 22.3 Å². The number of rotatable bonds is 4. The number of hydrogen-bond donors (Lipinski definition) is 0. The van der Waals surface area contributed by atoms with Gasteiger partial charge in [0, 0.05) is 23.8 Å². The average Bonchev–Trinajstić information content (AvgIpc) is 2.73. The minimum Gasteiger partial charge on any atom is -0.303 e. The number of carbonyl (C=O) groups is 1. The van der Waals surface area contributed by atoms with Crippen molar-refractivity contribution in [1.82, 2.24) is 0 Å². The van der Waals surface area contributed by atoms with Gasteiger partial charge in [-0.25, -0.2) is 8.60 Å². The number of benzene rings is 3. The zero-order valence-corrected chi connectivity index (χ0v) is 19.3. The predicted molar refractivity (Wildman–Crippen MR) is 126 cm³/mol. The Balaban J connectivity index is 2.19. The van der Waals surface area contributed by atoms with E-state index in [1.807, 2.05) is 62.3 Å². The molecule has 4 rings (SSSR count). The number of anilines is 1. The third kappa shape index (κ3) is 3.32. The number of carbonyl (C=O) groups excluding carboxylic acids is 1. The zero-order chi connectivity index (χ0) is 22.4. The number of nitrogens with zero attached hydrogens (tertiary/aromatic N) is 1. The lowest BCUT2D eigenvalue weighted by molar-refractivity contribution is -0.107. The van der Waals surface area contributed by atoms with Crippen LogP contribution < -0.4 is 4.31 Å². The van der Waals surface area contributed by atoms with E-state index in [1.165, 1.54) is 6.07 Å². The molecule has 0 fully saturated rings. The number of fused-ring (bicyclic) bond motifs is 3. The van der Waals surface area contributed by atoms with Gasteiger partial charge in [-0.15, -0.1) is 0 Å². The molecule has 3 nitrogen and oxygen atoms in total. The van der Waals surface area contributed by atoms with Gasteiger partial charge in [0.2, 0.25) is 0 Å². The Morgan fingerprint density at radius 1 is 1.00 bits per heavy atom. The molecule has 1 heterocycles. The summed E-state index contributed by atoms with van der Waals surface area (Å²) in [6.07, 6.45) is 2.79. The number of aldehydes is 1. The minimum absolute atomic E-state index is 0.242. The Hall–Kier alpha value is -2.79. The molecule has 0 bridgehead atoms. The van der Waals surface area contributed by atoms with Gasteiger partial charge in [-0.1, -0.05) is 42.0 Å². The molecule has 3 aromatic rings. The van der Waals surface area contributed by atoms with Crippen molar-refractivity contribution in [2.75, 3.05) is 10.6 Å². The lowest BCUT2D eigenvalue weighted by Gasteiger charge is -2.39. The lowest BCUT2D eigenvalue weighted by atomic mass is 9.79. The fraction of sp³-hybridized carbons (Fsp3) is 0.269. The van der Waals surface area contributed by atoms with E-state index in [0.717, 1.165) is 56.5 Å². The van der Waals surface area contributed by atoms with E-state index in [0.29, 0.717) is 5.56 Å².